The van der Waals surface area contributed by atoms with E-state index in [2.05, 4.69) is 4.98 Å². The summed E-state index contributed by atoms with van der Waals surface area (Å²) in [5.74, 6) is -4.80. The number of pyridine rings is 1. The van der Waals surface area contributed by atoms with Gasteiger partial charge in [0.15, 0.2) is 0 Å². The first kappa shape index (κ1) is 17.8. The van der Waals surface area contributed by atoms with Crippen LogP contribution in [0.25, 0.3) is 0 Å². The maximum Gasteiger partial charge on any atom is 0.308 e. The Labute approximate surface area is 147 Å². The number of carboxylic acids is 1. The van der Waals surface area contributed by atoms with Crippen LogP contribution in [0.1, 0.15) is 17.0 Å². The summed E-state index contributed by atoms with van der Waals surface area (Å²) in [5.41, 5.74) is 0.700. The van der Waals surface area contributed by atoms with Crippen molar-refractivity contribution in [3.63, 3.8) is 0 Å². The van der Waals surface area contributed by atoms with Crippen molar-refractivity contribution in [3.8, 4) is 5.75 Å². The van der Waals surface area contributed by atoms with Gasteiger partial charge in [-0.05, 0) is 29.3 Å². The molecule has 1 aliphatic rings. The normalized spacial score (nSPS) is 19.5. The molecular formula is C18H16F2N2O4. The molecule has 2 aromatic rings. The minimum atomic E-state index is -1.13. The Hall–Kier alpha value is -3.03. The highest BCUT2D eigenvalue weighted by Crippen LogP contribution is 2.34. The van der Waals surface area contributed by atoms with Gasteiger partial charge in [-0.1, -0.05) is 0 Å². The molecule has 2 heterocycles. The zero-order chi connectivity index (χ0) is 18.8. The summed E-state index contributed by atoms with van der Waals surface area (Å²) in [5, 5.41) is 18.9. The number of aromatic hydroxyl groups is 1. The predicted molar refractivity (Wildman–Crippen MR) is 86.4 cm³/mol. The van der Waals surface area contributed by atoms with Crippen LogP contribution in [0.2, 0.25) is 0 Å². The summed E-state index contributed by atoms with van der Waals surface area (Å²) >= 11 is 0. The molecule has 1 aromatic heterocycles. The number of amides is 1. The summed E-state index contributed by atoms with van der Waals surface area (Å²) in [4.78, 5) is 29.2. The van der Waals surface area contributed by atoms with Gasteiger partial charge in [0.2, 0.25) is 5.91 Å². The minimum Gasteiger partial charge on any atom is -0.506 e. The summed E-state index contributed by atoms with van der Waals surface area (Å²) in [6.45, 7) is -0.00581. The average Bonchev–Trinajstić information content (AvgIpc) is 2.99. The van der Waals surface area contributed by atoms with Crippen LogP contribution in [0.3, 0.4) is 0 Å². The fourth-order valence-electron chi connectivity index (χ4n) is 3.24. The van der Waals surface area contributed by atoms with Crippen molar-refractivity contribution in [1.29, 1.82) is 0 Å². The first-order chi connectivity index (χ1) is 12.3. The number of carboxylic acid groups (broad SMARTS) is 1. The van der Waals surface area contributed by atoms with E-state index < -0.39 is 29.4 Å². The maximum atomic E-state index is 13.5. The fraction of sp³-hybridized carbons (Fsp3) is 0.278. The van der Waals surface area contributed by atoms with Crippen molar-refractivity contribution in [2.45, 2.75) is 12.3 Å². The van der Waals surface area contributed by atoms with Crippen LogP contribution in [-0.2, 0) is 16.0 Å². The Kier molecular flexibility index (Phi) is 4.83. The molecule has 1 amide bonds. The first-order valence-corrected chi connectivity index (χ1v) is 7.93. The Morgan fingerprint density at radius 3 is 2.42 bits per heavy atom. The summed E-state index contributed by atoms with van der Waals surface area (Å²) in [7, 11) is 0. The van der Waals surface area contributed by atoms with Crippen molar-refractivity contribution in [2.24, 2.45) is 5.92 Å². The summed E-state index contributed by atoms with van der Waals surface area (Å²) in [6.07, 6.45) is 2.61. The van der Waals surface area contributed by atoms with E-state index in [1.165, 1.54) is 23.4 Å². The van der Waals surface area contributed by atoms with Crippen LogP contribution >= 0.6 is 0 Å². The zero-order valence-electron chi connectivity index (χ0n) is 13.6. The van der Waals surface area contributed by atoms with Gasteiger partial charge in [-0.3, -0.25) is 14.6 Å². The highest BCUT2D eigenvalue weighted by Gasteiger charge is 2.40. The molecule has 26 heavy (non-hydrogen) atoms. The van der Waals surface area contributed by atoms with E-state index in [1.807, 2.05) is 0 Å². The molecule has 0 bridgehead atoms. The van der Waals surface area contributed by atoms with Gasteiger partial charge in [-0.25, -0.2) is 8.78 Å². The number of nitrogens with zero attached hydrogens (tertiary/aromatic N) is 2. The molecule has 1 saturated heterocycles. The van der Waals surface area contributed by atoms with Crippen LogP contribution in [0.5, 0.6) is 5.75 Å². The Morgan fingerprint density at radius 1 is 1.12 bits per heavy atom. The lowest BCUT2D eigenvalue weighted by Gasteiger charge is -2.17. The Morgan fingerprint density at radius 2 is 1.81 bits per heavy atom. The number of aromatic nitrogens is 1. The number of hydrogen-bond donors (Lipinski definition) is 2. The third kappa shape index (κ3) is 3.79. The molecule has 3 rings (SSSR count). The van der Waals surface area contributed by atoms with E-state index in [-0.39, 0.29) is 36.7 Å². The van der Waals surface area contributed by atoms with Gasteiger partial charge in [0, 0.05) is 31.3 Å². The van der Waals surface area contributed by atoms with Crippen molar-refractivity contribution in [2.75, 3.05) is 13.1 Å². The molecule has 1 fully saturated rings. The molecule has 2 atom stereocenters. The van der Waals surface area contributed by atoms with Gasteiger partial charge >= 0.3 is 5.97 Å². The number of aliphatic carboxylic acids is 1. The second-order valence-corrected chi connectivity index (χ2v) is 6.28. The van der Waals surface area contributed by atoms with Crippen molar-refractivity contribution < 1.29 is 28.6 Å². The number of hydrogen-bond acceptors (Lipinski definition) is 4. The third-order valence-corrected chi connectivity index (χ3v) is 4.44. The molecule has 6 nitrogen and oxygen atoms in total. The molecule has 8 heteroatoms. The van der Waals surface area contributed by atoms with Gasteiger partial charge in [0.1, 0.15) is 17.4 Å². The van der Waals surface area contributed by atoms with Gasteiger partial charge in [0.25, 0.3) is 0 Å². The van der Waals surface area contributed by atoms with Gasteiger partial charge < -0.3 is 15.1 Å². The molecule has 1 aromatic carbocycles. The minimum absolute atomic E-state index is 0.0466. The van der Waals surface area contributed by atoms with E-state index in [0.717, 1.165) is 12.1 Å². The second-order valence-electron chi connectivity index (χ2n) is 6.28. The highest BCUT2D eigenvalue weighted by atomic mass is 19.1. The summed E-state index contributed by atoms with van der Waals surface area (Å²) in [6, 6.07) is 4.30. The number of rotatable bonds is 4. The first-order valence-electron chi connectivity index (χ1n) is 7.93. The molecule has 1 aliphatic heterocycles. The lowest BCUT2D eigenvalue weighted by atomic mass is 9.89. The third-order valence-electron chi connectivity index (χ3n) is 4.44. The van der Waals surface area contributed by atoms with Gasteiger partial charge in [-0.15, -0.1) is 0 Å². The molecule has 0 spiro atoms. The fourth-order valence-corrected chi connectivity index (χ4v) is 3.24. The Balaban J connectivity index is 1.80. The quantitative estimate of drug-likeness (QED) is 0.867. The van der Waals surface area contributed by atoms with Crippen LogP contribution in [-0.4, -0.2) is 45.1 Å². The van der Waals surface area contributed by atoms with E-state index in [0.29, 0.717) is 11.6 Å². The number of carbonyl (C=O) groups is 2. The maximum absolute atomic E-state index is 13.5. The molecular weight excluding hydrogens is 346 g/mol. The smallest absolute Gasteiger partial charge is 0.308 e. The number of carbonyl (C=O) groups excluding carboxylic acids is 1. The SMILES string of the molecule is O=C(O)[C@@H]1CN(C(=O)Cc2cncc(O)c2)C[C@H]1c1cc(F)cc(F)c1. The average molecular weight is 362 g/mol. The zero-order valence-corrected chi connectivity index (χ0v) is 13.6. The van der Waals surface area contributed by atoms with Crippen LogP contribution < -0.4 is 0 Å². The molecule has 0 radical (unpaired) electrons. The van der Waals surface area contributed by atoms with Crippen LogP contribution in [0.4, 0.5) is 8.78 Å². The second kappa shape index (κ2) is 7.07. The molecule has 0 unspecified atom stereocenters. The van der Waals surface area contributed by atoms with Crippen LogP contribution in [0, 0.1) is 17.6 Å². The van der Waals surface area contributed by atoms with Crippen LogP contribution in [0.15, 0.2) is 36.7 Å². The van der Waals surface area contributed by atoms with Crippen molar-refractivity contribution in [3.05, 3.63) is 59.4 Å². The number of benzene rings is 1. The van der Waals surface area contributed by atoms with E-state index >= 15 is 0 Å². The molecule has 0 saturated carbocycles. The highest BCUT2D eigenvalue weighted by molar-refractivity contribution is 5.81. The molecule has 136 valence electrons. The predicted octanol–water partition coefficient (Wildman–Crippen LogP) is 1.93. The van der Waals surface area contributed by atoms with E-state index in [9.17, 15) is 28.6 Å². The lowest BCUT2D eigenvalue weighted by molar-refractivity contribution is -0.141. The lowest BCUT2D eigenvalue weighted by Crippen LogP contribution is -2.31. The van der Waals surface area contributed by atoms with Gasteiger partial charge in [-0.2, -0.15) is 0 Å². The van der Waals surface area contributed by atoms with Crippen molar-refractivity contribution in [1.82, 2.24) is 9.88 Å². The monoisotopic (exact) mass is 362 g/mol. The standard InChI is InChI=1S/C18H16F2N2O4/c19-12-3-11(4-13(20)5-12)15-8-22(9-16(15)18(25)26)17(24)2-10-1-14(23)7-21-6-10/h1,3-7,15-16,23H,2,8-9H2,(H,25,26)/t15-,16+/m0/s1. The van der Waals surface area contributed by atoms with Crippen molar-refractivity contribution >= 4 is 11.9 Å². The largest absolute Gasteiger partial charge is 0.506 e. The molecule has 2 N–H and O–H groups in total. The molecule has 0 aliphatic carbocycles. The number of likely N-dealkylation sites (tertiary alicyclic amines) is 1. The van der Waals surface area contributed by atoms with E-state index in [1.54, 1.807) is 0 Å². The topological polar surface area (TPSA) is 90.7 Å². The summed E-state index contributed by atoms with van der Waals surface area (Å²) < 4.78 is 27.0. The number of halogens is 2. The Bertz CT molecular complexity index is 839. The van der Waals surface area contributed by atoms with Gasteiger partial charge in [0.05, 0.1) is 18.5 Å². The van der Waals surface area contributed by atoms with E-state index in [4.69, 9.17) is 0 Å².